The molecule has 3 heterocycles. The lowest BCUT2D eigenvalue weighted by Gasteiger charge is -2.06. The molecule has 0 aliphatic rings. The van der Waals surface area contributed by atoms with Crippen LogP contribution < -0.4 is 5.73 Å². The van der Waals surface area contributed by atoms with E-state index in [9.17, 15) is 0 Å². The van der Waals surface area contributed by atoms with E-state index in [2.05, 4.69) is 42.5 Å². The van der Waals surface area contributed by atoms with Crippen LogP contribution in [0.2, 0.25) is 15.5 Å². The smallest absolute Gasteiger partial charge is 0.219 e. The number of nitrogens with zero attached hydrogens (tertiary/aromatic N) is 4. The quantitative estimate of drug-likeness (QED) is 0.207. The van der Waals surface area contributed by atoms with Crippen molar-refractivity contribution in [2.24, 2.45) is 0 Å². The fourth-order valence-electron chi connectivity index (χ4n) is 2.22. The number of benzene rings is 1. The fourth-order valence-corrected chi connectivity index (χ4v) is 4.77. The summed E-state index contributed by atoms with van der Waals surface area (Å²) in [6, 6.07) is 17.2. The Morgan fingerprint density at radius 2 is 1.37 bits per heavy atom. The minimum absolute atomic E-state index is 0.248. The van der Waals surface area contributed by atoms with E-state index in [4.69, 9.17) is 40.5 Å². The van der Waals surface area contributed by atoms with Crippen LogP contribution in [0.1, 0.15) is 0 Å². The molecule has 5 nitrogen and oxygen atoms in total. The highest BCUT2D eigenvalue weighted by molar-refractivity contribution is 14.1. The van der Waals surface area contributed by atoms with E-state index in [1.54, 1.807) is 42.4 Å². The van der Waals surface area contributed by atoms with Crippen LogP contribution in [-0.2, 0) is 0 Å². The van der Waals surface area contributed by atoms with Crippen LogP contribution in [0, 0.1) is 3.57 Å². The average Bonchev–Trinajstić information content (AvgIpc) is 2.68. The molecule has 0 aliphatic carbocycles. The molecule has 30 heavy (non-hydrogen) atoms. The second kappa shape index (κ2) is 11.1. The second-order valence-electron chi connectivity index (χ2n) is 5.69. The highest BCUT2D eigenvalue weighted by atomic mass is 127. The van der Waals surface area contributed by atoms with Gasteiger partial charge in [-0.05, 0) is 64.6 Å². The molecule has 0 saturated heterocycles. The molecule has 0 fully saturated rings. The van der Waals surface area contributed by atoms with Gasteiger partial charge in [-0.25, -0.2) is 19.9 Å². The maximum atomic E-state index is 6.11. The molecule has 0 saturated carbocycles. The van der Waals surface area contributed by atoms with Gasteiger partial charge in [-0.1, -0.05) is 64.8 Å². The molecule has 152 valence electrons. The normalized spacial score (nSPS) is 10.3. The lowest BCUT2D eigenvalue weighted by atomic mass is 10.1. The molecule has 0 spiro atoms. The number of hydrogen-bond acceptors (Lipinski definition) is 6. The highest BCUT2D eigenvalue weighted by Gasteiger charge is 2.06. The van der Waals surface area contributed by atoms with Gasteiger partial charge in [0.2, 0.25) is 5.95 Å². The van der Waals surface area contributed by atoms with E-state index < -0.39 is 0 Å². The number of anilines is 1. The summed E-state index contributed by atoms with van der Waals surface area (Å²) in [5, 5.41) is 2.13. The summed E-state index contributed by atoms with van der Waals surface area (Å²) in [5.74, 6) is 0.248. The Morgan fingerprint density at radius 3 is 1.97 bits per heavy atom. The largest absolute Gasteiger partial charge is 0.368 e. The van der Waals surface area contributed by atoms with Gasteiger partial charge in [0.25, 0.3) is 0 Å². The Morgan fingerprint density at radius 1 is 0.767 bits per heavy atom. The van der Waals surface area contributed by atoms with E-state index >= 15 is 0 Å². The molecule has 1 aromatic carbocycles. The summed E-state index contributed by atoms with van der Waals surface area (Å²) in [6.45, 7) is 0. The Kier molecular flexibility index (Phi) is 8.52. The van der Waals surface area contributed by atoms with Gasteiger partial charge in [-0.3, -0.25) is 0 Å². The predicted molar refractivity (Wildman–Crippen MR) is 132 cm³/mol. The molecule has 0 amide bonds. The first-order valence-electron chi connectivity index (χ1n) is 8.36. The van der Waals surface area contributed by atoms with Gasteiger partial charge in [0.1, 0.15) is 20.5 Å². The number of halogens is 4. The molecular weight excluding hydrogens is 576 g/mol. The zero-order chi connectivity index (χ0) is 21.5. The number of aromatic nitrogens is 4. The molecule has 0 bridgehead atoms. The monoisotopic (exact) mass is 587 g/mol. The van der Waals surface area contributed by atoms with Gasteiger partial charge in [-0.2, -0.15) is 0 Å². The number of nitrogens with two attached hydrogens (primary N) is 1. The van der Waals surface area contributed by atoms with Crippen LogP contribution in [0.4, 0.5) is 5.95 Å². The Balaban J connectivity index is 0.000000239. The van der Waals surface area contributed by atoms with Crippen molar-refractivity contribution in [2.45, 2.75) is 9.92 Å². The van der Waals surface area contributed by atoms with Crippen LogP contribution in [0.25, 0.3) is 11.1 Å². The predicted octanol–water partition coefficient (Wildman–Crippen LogP) is 6.92. The van der Waals surface area contributed by atoms with E-state index in [0.29, 0.717) is 15.5 Å². The Bertz CT molecular complexity index is 1080. The minimum Gasteiger partial charge on any atom is -0.368 e. The van der Waals surface area contributed by atoms with E-state index in [-0.39, 0.29) is 5.95 Å². The molecule has 0 atom stereocenters. The van der Waals surface area contributed by atoms with Crippen LogP contribution in [0.15, 0.2) is 76.9 Å². The molecule has 0 radical (unpaired) electrons. The number of hydrogen-bond donors (Lipinski definition) is 1. The first kappa shape index (κ1) is 23.0. The van der Waals surface area contributed by atoms with Gasteiger partial charge >= 0.3 is 0 Å². The summed E-state index contributed by atoms with van der Waals surface area (Å²) in [4.78, 5) is 17.2. The second-order valence-corrected chi connectivity index (χ2v) is 9.19. The molecule has 3 aromatic heterocycles. The minimum atomic E-state index is 0.248. The summed E-state index contributed by atoms with van der Waals surface area (Å²) in [6.07, 6.45) is 3.34. The third-order valence-corrected chi connectivity index (χ3v) is 5.60. The molecule has 0 aliphatic heterocycles. The summed E-state index contributed by atoms with van der Waals surface area (Å²) in [5.41, 5.74) is 7.26. The van der Waals surface area contributed by atoms with Crippen molar-refractivity contribution in [3.8, 4) is 11.1 Å². The van der Waals surface area contributed by atoms with Crippen molar-refractivity contribution in [2.75, 3.05) is 5.73 Å². The van der Waals surface area contributed by atoms with Gasteiger partial charge in [0, 0.05) is 26.4 Å². The number of nitrogen functional groups attached to an aromatic ring is 1. The zero-order valence-corrected chi connectivity index (χ0v) is 20.4. The summed E-state index contributed by atoms with van der Waals surface area (Å²) < 4.78 is 0.998. The van der Waals surface area contributed by atoms with Crippen LogP contribution in [0.5, 0.6) is 0 Å². The van der Waals surface area contributed by atoms with Gasteiger partial charge in [-0.15, -0.1) is 0 Å². The number of pyridine rings is 2. The van der Waals surface area contributed by atoms with E-state index in [1.165, 1.54) is 0 Å². The average molecular weight is 589 g/mol. The zero-order valence-electron chi connectivity index (χ0n) is 15.1. The maximum absolute atomic E-state index is 6.11. The summed E-state index contributed by atoms with van der Waals surface area (Å²) in [7, 11) is 0. The highest BCUT2D eigenvalue weighted by Crippen LogP contribution is 2.31. The first-order valence-corrected chi connectivity index (χ1v) is 11.4. The van der Waals surface area contributed by atoms with Crippen LogP contribution >= 0.6 is 69.2 Å². The third kappa shape index (κ3) is 7.24. The Labute approximate surface area is 206 Å². The molecule has 4 rings (SSSR count). The molecule has 2 N–H and O–H groups in total. The number of rotatable bonds is 3. The van der Waals surface area contributed by atoms with Crippen molar-refractivity contribution in [1.82, 2.24) is 19.9 Å². The van der Waals surface area contributed by atoms with Crippen molar-refractivity contribution < 1.29 is 0 Å². The van der Waals surface area contributed by atoms with Crippen LogP contribution in [0.3, 0.4) is 0 Å². The molecule has 10 heteroatoms. The van der Waals surface area contributed by atoms with Crippen molar-refractivity contribution in [3.63, 3.8) is 0 Å². The lowest BCUT2D eigenvalue weighted by Crippen LogP contribution is -1.94. The van der Waals surface area contributed by atoms with Crippen molar-refractivity contribution in [3.05, 3.63) is 86.0 Å². The molecule has 0 unspecified atom stereocenters. The fraction of sp³-hybridized carbons (Fsp3) is 0. The Hall–Kier alpha value is -1.65. The molecule has 4 aromatic rings. The standard InChI is InChI=1S/C15H11ClN4S.C5H2Cl2IN/c16-13-6-10(11-8-18-15(17)19-9-11)7-14(20-13)21-12-4-2-1-3-5-12;6-4-1-3(8)2-5(7)9-4/h1-9H,(H2,17,18,19);1-2H. The summed E-state index contributed by atoms with van der Waals surface area (Å²) >= 11 is 20.9. The van der Waals surface area contributed by atoms with E-state index in [1.807, 2.05) is 36.4 Å². The lowest BCUT2D eigenvalue weighted by molar-refractivity contribution is 1.13. The van der Waals surface area contributed by atoms with Crippen molar-refractivity contribution in [1.29, 1.82) is 0 Å². The van der Waals surface area contributed by atoms with Gasteiger partial charge in [0.05, 0.1) is 0 Å². The maximum Gasteiger partial charge on any atom is 0.219 e. The van der Waals surface area contributed by atoms with Crippen LogP contribution in [-0.4, -0.2) is 19.9 Å². The SMILES string of the molecule is Clc1cc(I)cc(Cl)n1.Nc1ncc(-c2cc(Cl)nc(Sc3ccccc3)c2)cn1. The third-order valence-electron chi connectivity index (χ3n) is 3.47. The van der Waals surface area contributed by atoms with Gasteiger partial charge < -0.3 is 5.73 Å². The topological polar surface area (TPSA) is 77.6 Å². The van der Waals surface area contributed by atoms with Gasteiger partial charge in [0.15, 0.2) is 0 Å². The van der Waals surface area contributed by atoms with E-state index in [0.717, 1.165) is 24.6 Å². The van der Waals surface area contributed by atoms with Crippen molar-refractivity contribution >= 4 is 75.1 Å². The molecular formula is C20H13Cl3IN5S. The first-order chi connectivity index (χ1) is 14.4.